The van der Waals surface area contributed by atoms with E-state index in [-0.39, 0.29) is 7.43 Å². The Balaban J connectivity index is 0.000000426. The molecule has 0 aromatic heterocycles. The van der Waals surface area contributed by atoms with Gasteiger partial charge < -0.3 is 11.1 Å². The zero-order valence-electron chi connectivity index (χ0n) is 17.0. The second-order valence-corrected chi connectivity index (χ2v) is 6.48. The van der Waals surface area contributed by atoms with Gasteiger partial charge in [-0.25, -0.2) is 0 Å². The molecule has 0 aliphatic carbocycles. The topological polar surface area (TPSA) is 38.0 Å². The minimum atomic E-state index is 0. The fraction of sp³-hybridized carbons (Fsp3) is 0.111. The van der Waals surface area contributed by atoms with Crippen LogP contribution in [-0.4, -0.2) is 0 Å². The highest BCUT2D eigenvalue weighted by Gasteiger charge is 1.89. The van der Waals surface area contributed by atoms with Crippen molar-refractivity contribution in [3.63, 3.8) is 0 Å². The van der Waals surface area contributed by atoms with Crippen LogP contribution in [-0.2, 0) is 0 Å². The SMILES string of the molecule is Brc1ccccc1.C.CC.Nc1ccccc1.c1ccc(Nc2ccccc2)cc1. The van der Waals surface area contributed by atoms with Gasteiger partial charge in [0.1, 0.15) is 0 Å². The Morgan fingerprint density at radius 2 is 0.833 bits per heavy atom. The predicted molar refractivity (Wildman–Crippen MR) is 139 cm³/mol. The summed E-state index contributed by atoms with van der Waals surface area (Å²) in [4.78, 5) is 0. The van der Waals surface area contributed by atoms with Gasteiger partial charge in [0, 0.05) is 21.5 Å². The minimum Gasteiger partial charge on any atom is -0.399 e. The zero-order valence-corrected chi connectivity index (χ0v) is 18.6. The molecule has 0 saturated carbocycles. The summed E-state index contributed by atoms with van der Waals surface area (Å²) in [5, 5.41) is 3.30. The molecule has 0 spiro atoms. The lowest BCUT2D eigenvalue weighted by molar-refractivity contribution is 1.50. The third-order valence-electron chi connectivity index (χ3n) is 3.37. The van der Waals surface area contributed by atoms with Gasteiger partial charge in [-0.15, -0.1) is 0 Å². The van der Waals surface area contributed by atoms with E-state index in [0.717, 1.165) is 21.5 Å². The monoisotopic (exact) mass is 464 g/mol. The molecule has 0 bridgehead atoms. The predicted octanol–water partition coefficient (Wildman–Crippen LogP) is 8.81. The van der Waals surface area contributed by atoms with Crippen molar-refractivity contribution < 1.29 is 0 Å². The lowest BCUT2D eigenvalue weighted by Crippen LogP contribution is -1.87. The fourth-order valence-electron chi connectivity index (χ4n) is 2.08. The fourth-order valence-corrected chi connectivity index (χ4v) is 2.38. The normalized spacial score (nSPS) is 8.37. The van der Waals surface area contributed by atoms with Gasteiger partial charge >= 0.3 is 0 Å². The van der Waals surface area contributed by atoms with E-state index in [1.807, 2.05) is 135 Å². The Hall–Kier alpha value is -3.04. The molecule has 3 heteroatoms. The Kier molecular flexibility index (Phi) is 16.2. The highest BCUT2D eigenvalue weighted by molar-refractivity contribution is 9.10. The molecule has 0 aliphatic heterocycles. The first-order valence-electron chi connectivity index (χ1n) is 9.62. The van der Waals surface area contributed by atoms with Crippen molar-refractivity contribution in [2.45, 2.75) is 21.3 Å². The standard InChI is InChI=1S/C12H11N.C6H5Br.C6H7N.C2H6.CH4/c1-3-7-11(8-4-1)13-12-9-5-2-6-10-12;2*7-6-4-2-1-3-5-6;1-2;/h1-10,13H;1-5H;1-5H,7H2;1-2H3;1H4. The van der Waals surface area contributed by atoms with Gasteiger partial charge in [-0.1, -0.05) is 110 Å². The van der Waals surface area contributed by atoms with Crippen LogP contribution in [0.15, 0.2) is 126 Å². The Bertz CT molecular complexity index is 777. The summed E-state index contributed by atoms with van der Waals surface area (Å²) in [5.74, 6) is 0. The first kappa shape index (κ1) is 27.0. The van der Waals surface area contributed by atoms with Gasteiger partial charge in [-0.2, -0.15) is 0 Å². The third kappa shape index (κ3) is 13.2. The summed E-state index contributed by atoms with van der Waals surface area (Å²) in [6, 6.07) is 39.7. The van der Waals surface area contributed by atoms with Crippen LogP contribution in [0, 0.1) is 0 Å². The van der Waals surface area contributed by atoms with E-state index < -0.39 is 0 Å². The van der Waals surface area contributed by atoms with Crippen molar-refractivity contribution in [2.24, 2.45) is 0 Å². The number of nitrogens with one attached hydrogen (secondary N) is 1. The number of halogens is 1. The Labute approximate surface area is 190 Å². The summed E-state index contributed by atoms with van der Waals surface area (Å²) in [7, 11) is 0. The molecule has 0 unspecified atom stereocenters. The van der Waals surface area contributed by atoms with Crippen molar-refractivity contribution >= 4 is 33.0 Å². The van der Waals surface area contributed by atoms with Crippen LogP contribution in [0.25, 0.3) is 0 Å². The van der Waals surface area contributed by atoms with Crippen LogP contribution >= 0.6 is 15.9 Å². The van der Waals surface area contributed by atoms with Crippen LogP contribution in [0.5, 0.6) is 0 Å². The molecule has 4 aromatic carbocycles. The Morgan fingerprint density at radius 1 is 0.533 bits per heavy atom. The van der Waals surface area contributed by atoms with Crippen molar-refractivity contribution in [3.8, 4) is 0 Å². The molecule has 4 aromatic rings. The number of hydrogen-bond donors (Lipinski definition) is 2. The molecule has 0 aliphatic rings. The number of hydrogen-bond acceptors (Lipinski definition) is 2. The maximum absolute atomic E-state index is 5.36. The third-order valence-corrected chi connectivity index (χ3v) is 3.90. The molecule has 0 heterocycles. The maximum atomic E-state index is 5.36. The van der Waals surface area contributed by atoms with E-state index in [1.54, 1.807) is 0 Å². The van der Waals surface area contributed by atoms with Gasteiger partial charge in [-0.05, 0) is 48.5 Å². The number of benzene rings is 4. The zero-order chi connectivity index (χ0) is 21.2. The number of para-hydroxylation sites is 3. The molecule has 3 N–H and O–H groups in total. The molecule has 0 radical (unpaired) electrons. The van der Waals surface area contributed by atoms with E-state index in [1.165, 1.54) is 0 Å². The molecule has 158 valence electrons. The first-order chi connectivity index (χ1) is 14.2. The summed E-state index contributed by atoms with van der Waals surface area (Å²) >= 11 is 3.31. The smallest absolute Gasteiger partial charge is 0.0384 e. The summed E-state index contributed by atoms with van der Waals surface area (Å²) < 4.78 is 1.13. The lowest BCUT2D eigenvalue weighted by atomic mass is 10.3. The maximum Gasteiger partial charge on any atom is 0.0384 e. The largest absolute Gasteiger partial charge is 0.399 e. The molecule has 30 heavy (non-hydrogen) atoms. The van der Waals surface area contributed by atoms with Crippen LogP contribution in [0.2, 0.25) is 0 Å². The van der Waals surface area contributed by atoms with E-state index >= 15 is 0 Å². The second kappa shape index (κ2) is 18.0. The van der Waals surface area contributed by atoms with Crippen molar-refractivity contribution in [1.82, 2.24) is 0 Å². The van der Waals surface area contributed by atoms with Crippen molar-refractivity contribution in [2.75, 3.05) is 11.1 Å². The van der Waals surface area contributed by atoms with Gasteiger partial charge in [0.2, 0.25) is 0 Å². The first-order valence-corrected chi connectivity index (χ1v) is 10.4. The molecular weight excluding hydrogens is 432 g/mol. The molecule has 0 amide bonds. The molecule has 2 nitrogen and oxygen atoms in total. The van der Waals surface area contributed by atoms with Crippen LogP contribution < -0.4 is 11.1 Å². The molecular formula is C27H33BrN2. The van der Waals surface area contributed by atoms with Gasteiger partial charge in [0.05, 0.1) is 0 Å². The quantitative estimate of drug-likeness (QED) is 0.290. The van der Waals surface area contributed by atoms with E-state index in [0.29, 0.717) is 0 Å². The summed E-state index contributed by atoms with van der Waals surface area (Å²) in [6.07, 6.45) is 0. The molecule has 4 rings (SSSR count). The van der Waals surface area contributed by atoms with Crippen LogP contribution in [0.1, 0.15) is 21.3 Å². The van der Waals surface area contributed by atoms with Gasteiger partial charge in [0.15, 0.2) is 0 Å². The van der Waals surface area contributed by atoms with Crippen LogP contribution in [0.3, 0.4) is 0 Å². The molecule has 0 fully saturated rings. The number of nitrogen functional groups attached to an aromatic ring is 1. The number of rotatable bonds is 2. The molecule has 0 saturated heterocycles. The highest BCUT2D eigenvalue weighted by Crippen LogP contribution is 2.14. The lowest BCUT2D eigenvalue weighted by Gasteiger charge is -2.04. The Morgan fingerprint density at radius 3 is 1.07 bits per heavy atom. The molecule has 0 atom stereocenters. The highest BCUT2D eigenvalue weighted by atomic mass is 79.9. The van der Waals surface area contributed by atoms with Gasteiger partial charge in [0.25, 0.3) is 0 Å². The summed E-state index contributed by atoms with van der Waals surface area (Å²) in [5.41, 5.74) is 8.42. The number of anilines is 3. The van der Waals surface area contributed by atoms with Crippen molar-refractivity contribution in [3.05, 3.63) is 126 Å². The van der Waals surface area contributed by atoms with Gasteiger partial charge in [-0.3, -0.25) is 0 Å². The average Bonchev–Trinajstić information content (AvgIpc) is 2.79. The van der Waals surface area contributed by atoms with Crippen molar-refractivity contribution in [1.29, 1.82) is 0 Å². The number of nitrogens with two attached hydrogens (primary N) is 1. The van der Waals surface area contributed by atoms with E-state index in [9.17, 15) is 0 Å². The van der Waals surface area contributed by atoms with E-state index in [2.05, 4.69) is 21.2 Å². The minimum absolute atomic E-state index is 0. The van der Waals surface area contributed by atoms with Crippen LogP contribution in [0.4, 0.5) is 17.1 Å². The second-order valence-electron chi connectivity index (χ2n) is 5.56. The van der Waals surface area contributed by atoms with E-state index in [4.69, 9.17) is 5.73 Å². The average molecular weight is 465 g/mol. The summed E-state index contributed by atoms with van der Waals surface area (Å²) in [6.45, 7) is 4.00.